The lowest BCUT2D eigenvalue weighted by Gasteiger charge is -2.29. The summed E-state index contributed by atoms with van der Waals surface area (Å²) in [7, 11) is 1.74. The van der Waals surface area contributed by atoms with E-state index < -0.39 is 0 Å². The van der Waals surface area contributed by atoms with Crippen molar-refractivity contribution in [3.63, 3.8) is 0 Å². The van der Waals surface area contributed by atoms with E-state index in [9.17, 15) is 0 Å². The van der Waals surface area contributed by atoms with Gasteiger partial charge in [0.25, 0.3) is 0 Å². The van der Waals surface area contributed by atoms with Crippen LogP contribution in [-0.2, 0) is 4.74 Å². The second kappa shape index (κ2) is 8.75. The number of aromatic nitrogens is 1. The lowest BCUT2D eigenvalue weighted by atomic mass is 10.2. The molecule has 0 saturated carbocycles. The van der Waals surface area contributed by atoms with Crippen molar-refractivity contribution in [3.8, 4) is 0 Å². The Bertz CT molecular complexity index is 357. The standard InChI is InChI=1S/C15H27N3O/c1-5-10-16-14-8-7-9-15(17-14)18(11-12-19-4)13(3)6-2/h7-9,13H,5-6,10-12H2,1-4H3,(H,16,17). The van der Waals surface area contributed by atoms with Gasteiger partial charge >= 0.3 is 0 Å². The molecule has 1 aromatic rings. The molecule has 1 heterocycles. The number of nitrogens with zero attached hydrogens (tertiary/aromatic N) is 2. The highest BCUT2D eigenvalue weighted by Crippen LogP contribution is 2.18. The molecule has 0 aliphatic rings. The summed E-state index contributed by atoms with van der Waals surface area (Å²) in [5, 5.41) is 3.33. The second-order valence-electron chi connectivity index (χ2n) is 4.75. The van der Waals surface area contributed by atoms with Crippen molar-refractivity contribution in [2.75, 3.05) is 37.0 Å². The summed E-state index contributed by atoms with van der Waals surface area (Å²) in [4.78, 5) is 7.00. The van der Waals surface area contributed by atoms with E-state index in [1.165, 1.54) is 0 Å². The molecular formula is C15H27N3O. The molecule has 0 bridgehead atoms. The number of pyridine rings is 1. The minimum absolute atomic E-state index is 0.462. The molecule has 0 radical (unpaired) electrons. The Morgan fingerprint density at radius 3 is 2.79 bits per heavy atom. The third-order valence-corrected chi connectivity index (χ3v) is 3.24. The third kappa shape index (κ3) is 5.07. The third-order valence-electron chi connectivity index (χ3n) is 3.24. The Hall–Kier alpha value is -1.29. The minimum atomic E-state index is 0.462. The zero-order valence-corrected chi connectivity index (χ0v) is 12.6. The van der Waals surface area contributed by atoms with Crippen LogP contribution in [0.4, 0.5) is 11.6 Å². The predicted octanol–water partition coefficient (Wildman–Crippen LogP) is 3.15. The van der Waals surface area contributed by atoms with Crippen molar-refractivity contribution < 1.29 is 4.74 Å². The van der Waals surface area contributed by atoms with Gasteiger partial charge in [0.05, 0.1) is 6.61 Å². The maximum atomic E-state index is 5.20. The molecule has 19 heavy (non-hydrogen) atoms. The molecule has 1 N–H and O–H groups in total. The Balaban J connectivity index is 2.81. The monoisotopic (exact) mass is 265 g/mol. The van der Waals surface area contributed by atoms with Gasteiger partial charge in [-0.15, -0.1) is 0 Å². The van der Waals surface area contributed by atoms with Crippen molar-refractivity contribution in [2.24, 2.45) is 0 Å². The van der Waals surface area contributed by atoms with Gasteiger partial charge in [0, 0.05) is 26.2 Å². The molecule has 1 aromatic heterocycles. The van der Waals surface area contributed by atoms with Crippen LogP contribution in [0.15, 0.2) is 18.2 Å². The van der Waals surface area contributed by atoms with Crippen molar-refractivity contribution in [1.82, 2.24) is 4.98 Å². The fourth-order valence-corrected chi connectivity index (χ4v) is 1.91. The summed E-state index contributed by atoms with van der Waals surface area (Å²) in [6.07, 6.45) is 2.20. The van der Waals surface area contributed by atoms with Gasteiger partial charge in [0.15, 0.2) is 0 Å². The molecule has 108 valence electrons. The SMILES string of the molecule is CCCNc1cccc(N(CCOC)C(C)CC)n1. The molecule has 0 fully saturated rings. The molecule has 1 rings (SSSR count). The molecule has 1 unspecified atom stereocenters. The summed E-state index contributed by atoms with van der Waals surface area (Å²) >= 11 is 0. The molecule has 4 heteroatoms. The fraction of sp³-hybridized carbons (Fsp3) is 0.667. The Morgan fingerprint density at radius 2 is 2.16 bits per heavy atom. The summed E-state index contributed by atoms with van der Waals surface area (Å²) in [5.74, 6) is 1.97. The lowest BCUT2D eigenvalue weighted by molar-refractivity contribution is 0.203. The minimum Gasteiger partial charge on any atom is -0.383 e. The summed E-state index contributed by atoms with van der Waals surface area (Å²) in [6, 6.07) is 6.61. The van der Waals surface area contributed by atoms with Crippen LogP contribution in [0.3, 0.4) is 0 Å². The number of anilines is 2. The first-order valence-corrected chi connectivity index (χ1v) is 7.19. The van der Waals surface area contributed by atoms with Crippen molar-refractivity contribution in [1.29, 1.82) is 0 Å². The van der Waals surface area contributed by atoms with Gasteiger partial charge in [-0.05, 0) is 31.9 Å². The van der Waals surface area contributed by atoms with Gasteiger partial charge in [0.1, 0.15) is 11.6 Å². The number of nitrogens with one attached hydrogen (secondary N) is 1. The van der Waals surface area contributed by atoms with Crippen LogP contribution in [-0.4, -0.2) is 37.8 Å². The maximum Gasteiger partial charge on any atom is 0.131 e. The molecule has 0 saturated heterocycles. The van der Waals surface area contributed by atoms with Gasteiger partial charge in [-0.25, -0.2) is 4.98 Å². The lowest BCUT2D eigenvalue weighted by Crippen LogP contribution is -2.36. The van der Waals surface area contributed by atoms with E-state index in [0.717, 1.165) is 44.2 Å². The van der Waals surface area contributed by atoms with E-state index >= 15 is 0 Å². The van der Waals surface area contributed by atoms with Crippen molar-refractivity contribution >= 4 is 11.6 Å². The normalized spacial score (nSPS) is 12.2. The zero-order valence-electron chi connectivity index (χ0n) is 12.6. The van der Waals surface area contributed by atoms with E-state index in [1.54, 1.807) is 7.11 Å². The first-order chi connectivity index (χ1) is 9.22. The average molecular weight is 265 g/mol. The molecule has 0 amide bonds. The van der Waals surface area contributed by atoms with Crippen LogP contribution in [0.2, 0.25) is 0 Å². The smallest absolute Gasteiger partial charge is 0.131 e. The Labute approximate surface area is 117 Å². The molecule has 0 aliphatic carbocycles. The molecule has 0 spiro atoms. The molecule has 0 aromatic carbocycles. The molecule has 4 nitrogen and oxygen atoms in total. The van der Waals surface area contributed by atoms with E-state index in [2.05, 4.69) is 43.1 Å². The quantitative estimate of drug-likeness (QED) is 0.744. The maximum absolute atomic E-state index is 5.20. The number of rotatable bonds is 9. The van der Waals surface area contributed by atoms with Crippen molar-refractivity contribution in [3.05, 3.63) is 18.2 Å². The Kier molecular flexibility index (Phi) is 7.26. The first-order valence-electron chi connectivity index (χ1n) is 7.19. The largest absolute Gasteiger partial charge is 0.383 e. The molecule has 1 atom stereocenters. The number of hydrogen-bond donors (Lipinski definition) is 1. The highest BCUT2D eigenvalue weighted by Gasteiger charge is 2.14. The van der Waals surface area contributed by atoms with Crippen LogP contribution in [0, 0.1) is 0 Å². The summed E-state index contributed by atoms with van der Waals surface area (Å²) < 4.78 is 5.20. The van der Waals surface area contributed by atoms with E-state index in [-0.39, 0.29) is 0 Å². The van der Waals surface area contributed by atoms with E-state index in [0.29, 0.717) is 6.04 Å². The van der Waals surface area contributed by atoms with Crippen LogP contribution in [0.25, 0.3) is 0 Å². The van der Waals surface area contributed by atoms with Crippen LogP contribution >= 0.6 is 0 Å². The van der Waals surface area contributed by atoms with Crippen LogP contribution < -0.4 is 10.2 Å². The number of methoxy groups -OCH3 is 1. The average Bonchev–Trinajstić information content (AvgIpc) is 2.45. The van der Waals surface area contributed by atoms with Crippen LogP contribution in [0.5, 0.6) is 0 Å². The Morgan fingerprint density at radius 1 is 1.37 bits per heavy atom. The van der Waals surface area contributed by atoms with Gasteiger partial charge in [-0.1, -0.05) is 19.9 Å². The first kappa shape index (κ1) is 15.8. The second-order valence-corrected chi connectivity index (χ2v) is 4.75. The van der Waals surface area contributed by atoms with Crippen molar-refractivity contribution in [2.45, 2.75) is 39.7 Å². The zero-order chi connectivity index (χ0) is 14.1. The van der Waals surface area contributed by atoms with E-state index in [4.69, 9.17) is 9.72 Å². The summed E-state index contributed by atoms with van der Waals surface area (Å²) in [5.41, 5.74) is 0. The predicted molar refractivity (Wildman–Crippen MR) is 82.0 cm³/mol. The van der Waals surface area contributed by atoms with Gasteiger partial charge in [0.2, 0.25) is 0 Å². The van der Waals surface area contributed by atoms with Gasteiger partial charge < -0.3 is 15.0 Å². The number of ether oxygens (including phenoxy) is 1. The molecule has 0 aliphatic heterocycles. The highest BCUT2D eigenvalue weighted by molar-refractivity contribution is 5.47. The number of hydrogen-bond acceptors (Lipinski definition) is 4. The van der Waals surface area contributed by atoms with Gasteiger partial charge in [-0.3, -0.25) is 0 Å². The highest BCUT2D eigenvalue weighted by atomic mass is 16.5. The molecular weight excluding hydrogens is 238 g/mol. The topological polar surface area (TPSA) is 37.4 Å². The van der Waals surface area contributed by atoms with Gasteiger partial charge in [-0.2, -0.15) is 0 Å². The fourth-order valence-electron chi connectivity index (χ4n) is 1.91. The van der Waals surface area contributed by atoms with E-state index in [1.807, 2.05) is 6.07 Å². The summed E-state index contributed by atoms with van der Waals surface area (Å²) in [6.45, 7) is 9.13. The van der Waals surface area contributed by atoms with Crippen LogP contribution in [0.1, 0.15) is 33.6 Å².